The second-order valence-electron chi connectivity index (χ2n) is 5.05. The Morgan fingerprint density at radius 3 is 2.42 bits per heavy atom. The van der Waals surface area contributed by atoms with Crippen molar-refractivity contribution in [2.75, 3.05) is 20.8 Å². The maximum Gasteiger partial charge on any atom is 0.255 e. The molecule has 0 aliphatic rings. The Hall–Kier alpha value is -2.91. The fourth-order valence-corrected chi connectivity index (χ4v) is 3.00. The molecule has 0 saturated heterocycles. The fourth-order valence-electron chi connectivity index (χ4n) is 1.99. The molecule has 0 aliphatic carbocycles. The van der Waals surface area contributed by atoms with Crippen LogP contribution in [0.15, 0.2) is 58.5 Å². The van der Waals surface area contributed by atoms with Crippen LogP contribution in [0.4, 0.5) is 0 Å². The molecule has 0 fully saturated rings. The van der Waals surface area contributed by atoms with Gasteiger partial charge in [-0.1, -0.05) is 18.2 Å². The minimum absolute atomic E-state index is 0.0848. The number of hydrogen-bond donors (Lipinski definition) is 2. The third-order valence-corrected chi connectivity index (χ3v) is 4.70. The molecule has 0 atom stereocenters. The predicted octanol–water partition coefficient (Wildman–Crippen LogP) is 1.13. The zero-order valence-electron chi connectivity index (χ0n) is 14.3. The molecule has 0 aliphatic heterocycles. The molecule has 2 aromatic rings. The second kappa shape index (κ2) is 8.97. The number of hydrazone groups is 1. The van der Waals surface area contributed by atoms with Gasteiger partial charge in [-0.25, -0.2) is 18.6 Å². The number of nitrogens with one attached hydrogen (secondary N) is 2. The Labute approximate surface area is 151 Å². The molecule has 26 heavy (non-hydrogen) atoms. The van der Waals surface area contributed by atoms with Gasteiger partial charge in [-0.2, -0.15) is 5.10 Å². The Morgan fingerprint density at radius 2 is 1.77 bits per heavy atom. The number of amides is 1. The van der Waals surface area contributed by atoms with Gasteiger partial charge >= 0.3 is 0 Å². The van der Waals surface area contributed by atoms with Crippen LogP contribution in [0.5, 0.6) is 11.5 Å². The first-order valence-corrected chi connectivity index (χ1v) is 9.03. The maximum absolute atomic E-state index is 12.0. The summed E-state index contributed by atoms with van der Waals surface area (Å²) in [4.78, 5) is 11.8. The van der Waals surface area contributed by atoms with Gasteiger partial charge in [0.2, 0.25) is 10.0 Å². The fraction of sp³-hybridized carbons (Fsp3) is 0.176. The first kappa shape index (κ1) is 19.4. The molecular weight excluding hydrogens is 358 g/mol. The summed E-state index contributed by atoms with van der Waals surface area (Å²) in [5.41, 5.74) is 2.93. The number of benzene rings is 2. The van der Waals surface area contributed by atoms with Crippen molar-refractivity contribution in [1.82, 2.24) is 10.1 Å². The van der Waals surface area contributed by atoms with Gasteiger partial charge < -0.3 is 9.47 Å². The zero-order chi connectivity index (χ0) is 19.0. The third-order valence-electron chi connectivity index (χ3n) is 3.29. The molecule has 0 bridgehead atoms. The van der Waals surface area contributed by atoms with E-state index in [2.05, 4.69) is 15.2 Å². The van der Waals surface area contributed by atoms with Crippen LogP contribution in [0.25, 0.3) is 0 Å². The van der Waals surface area contributed by atoms with Crippen LogP contribution in [0.2, 0.25) is 0 Å². The van der Waals surface area contributed by atoms with Crippen molar-refractivity contribution in [3.8, 4) is 11.5 Å². The highest BCUT2D eigenvalue weighted by atomic mass is 32.2. The molecule has 0 heterocycles. The number of nitrogens with zero attached hydrogens (tertiary/aromatic N) is 1. The Bertz CT molecular complexity index is 883. The van der Waals surface area contributed by atoms with Crippen molar-refractivity contribution in [1.29, 1.82) is 0 Å². The summed E-state index contributed by atoms with van der Waals surface area (Å²) in [6, 6.07) is 12.9. The highest BCUT2D eigenvalue weighted by molar-refractivity contribution is 7.89. The number of sulfonamides is 1. The molecule has 0 saturated carbocycles. The molecule has 0 aromatic heterocycles. The van der Waals surface area contributed by atoms with E-state index in [0.29, 0.717) is 17.1 Å². The number of rotatable bonds is 8. The maximum atomic E-state index is 12.0. The van der Waals surface area contributed by atoms with E-state index in [-0.39, 0.29) is 4.90 Å². The van der Waals surface area contributed by atoms with Crippen LogP contribution in [-0.4, -0.2) is 41.3 Å². The van der Waals surface area contributed by atoms with Crippen LogP contribution < -0.4 is 19.6 Å². The summed E-state index contributed by atoms with van der Waals surface area (Å²) in [5, 5.41) is 3.79. The lowest BCUT2D eigenvalue weighted by atomic mass is 10.2. The van der Waals surface area contributed by atoms with E-state index in [1.807, 2.05) is 0 Å². The van der Waals surface area contributed by atoms with Gasteiger partial charge in [-0.15, -0.1) is 0 Å². The van der Waals surface area contributed by atoms with Crippen molar-refractivity contribution in [3.05, 3.63) is 54.1 Å². The van der Waals surface area contributed by atoms with Crippen LogP contribution in [0.3, 0.4) is 0 Å². The standard InChI is InChI=1S/C17H19N3O5S/c1-24-15-9-8-13(10-16(15)25-2)11-18-20-17(21)12-19-26(22,23)14-6-4-3-5-7-14/h3-11,19H,12H2,1-2H3,(H,20,21)/b18-11-. The molecule has 1 amide bonds. The summed E-state index contributed by atoms with van der Waals surface area (Å²) in [6.45, 7) is -0.430. The van der Waals surface area contributed by atoms with Gasteiger partial charge in [0.25, 0.3) is 5.91 Å². The number of carbonyl (C=O) groups is 1. The Balaban J connectivity index is 1.90. The summed E-state index contributed by atoms with van der Waals surface area (Å²) < 4.78 is 36.5. The summed E-state index contributed by atoms with van der Waals surface area (Å²) >= 11 is 0. The van der Waals surface area contributed by atoms with Gasteiger partial charge in [0.05, 0.1) is 31.9 Å². The topological polar surface area (TPSA) is 106 Å². The van der Waals surface area contributed by atoms with E-state index in [4.69, 9.17) is 9.47 Å². The molecule has 0 spiro atoms. The van der Waals surface area contributed by atoms with Crippen molar-refractivity contribution in [3.63, 3.8) is 0 Å². The second-order valence-corrected chi connectivity index (χ2v) is 6.81. The number of ether oxygens (including phenoxy) is 2. The van der Waals surface area contributed by atoms with E-state index in [0.717, 1.165) is 0 Å². The lowest BCUT2D eigenvalue weighted by Gasteiger charge is -2.07. The average Bonchev–Trinajstić information content (AvgIpc) is 2.67. The van der Waals surface area contributed by atoms with Crippen LogP contribution in [-0.2, 0) is 14.8 Å². The lowest BCUT2D eigenvalue weighted by Crippen LogP contribution is -2.34. The molecule has 2 rings (SSSR count). The SMILES string of the molecule is COc1ccc(/C=N\NC(=O)CNS(=O)(=O)c2ccccc2)cc1OC. The number of methoxy groups -OCH3 is 2. The van der Waals surface area contributed by atoms with Crippen molar-refractivity contribution in [2.45, 2.75) is 4.90 Å². The lowest BCUT2D eigenvalue weighted by molar-refractivity contribution is -0.119. The van der Waals surface area contributed by atoms with Crippen LogP contribution in [0, 0.1) is 0 Å². The monoisotopic (exact) mass is 377 g/mol. The van der Waals surface area contributed by atoms with Crippen LogP contribution >= 0.6 is 0 Å². The smallest absolute Gasteiger partial charge is 0.255 e. The van der Waals surface area contributed by atoms with Gasteiger partial charge in [-0.05, 0) is 35.9 Å². The van der Waals surface area contributed by atoms with E-state index in [9.17, 15) is 13.2 Å². The van der Waals surface area contributed by atoms with Crippen molar-refractivity contribution in [2.24, 2.45) is 5.10 Å². The highest BCUT2D eigenvalue weighted by Gasteiger charge is 2.14. The van der Waals surface area contributed by atoms with E-state index < -0.39 is 22.5 Å². The first-order chi connectivity index (χ1) is 12.5. The number of carbonyl (C=O) groups excluding carboxylic acids is 1. The molecule has 9 heteroatoms. The highest BCUT2D eigenvalue weighted by Crippen LogP contribution is 2.26. The van der Waals surface area contributed by atoms with Gasteiger partial charge in [0, 0.05) is 0 Å². The third kappa shape index (κ3) is 5.30. The molecule has 2 N–H and O–H groups in total. The minimum Gasteiger partial charge on any atom is -0.493 e. The predicted molar refractivity (Wildman–Crippen MR) is 96.9 cm³/mol. The van der Waals surface area contributed by atoms with Crippen LogP contribution in [0.1, 0.15) is 5.56 Å². The van der Waals surface area contributed by atoms with Crippen molar-refractivity contribution >= 4 is 22.1 Å². The molecular formula is C17H19N3O5S. The average molecular weight is 377 g/mol. The summed E-state index contributed by atoms with van der Waals surface area (Å²) in [6.07, 6.45) is 1.41. The first-order valence-electron chi connectivity index (χ1n) is 7.55. The summed E-state index contributed by atoms with van der Waals surface area (Å²) in [7, 11) is -0.699. The molecule has 2 aromatic carbocycles. The molecule has 0 unspecified atom stereocenters. The molecule has 8 nitrogen and oxygen atoms in total. The van der Waals surface area contributed by atoms with E-state index in [1.54, 1.807) is 36.4 Å². The quantitative estimate of drug-likeness (QED) is 0.530. The summed E-state index contributed by atoms with van der Waals surface area (Å²) in [5.74, 6) is 0.503. The van der Waals surface area contributed by atoms with Gasteiger partial charge in [0.1, 0.15) is 0 Å². The van der Waals surface area contributed by atoms with E-state index >= 15 is 0 Å². The van der Waals surface area contributed by atoms with Gasteiger partial charge in [0.15, 0.2) is 11.5 Å². The zero-order valence-corrected chi connectivity index (χ0v) is 15.1. The Kier molecular flexibility index (Phi) is 6.70. The molecule has 0 radical (unpaired) electrons. The van der Waals surface area contributed by atoms with E-state index in [1.165, 1.54) is 32.6 Å². The van der Waals surface area contributed by atoms with Gasteiger partial charge in [-0.3, -0.25) is 4.79 Å². The Morgan fingerprint density at radius 1 is 1.08 bits per heavy atom. The number of hydrogen-bond acceptors (Lipinski definition) is 6. The molecule has 138 valence electrons. The normalized spacial score (nSPS) is 11.3. The largest absolute Gasteiger partial charge is 0.493 e. The van der Waals surface area contributed by atoms with Crippen molar-refractivity contribution < 1.29 is 22.7 Å². The minimum atomic E-state index is -3.74.